The Hall–Kier alpha value is -1.31. The molecule has 1 aromatic rings. The van der Waals surface area contributed by atoms with E-state index in [1.54, 1.807) is 6.07 Å². The van der Waals surface area contributed by atoms with Crippen molar-refractivity contribution in [1.82, 2.24) is 0 Å². The third-order valence-electron chi connectivity index (χ3n) is 2.77. The topological polar surface area (TPSA) is 43.1 Å². The van der Waals surface area contributed by atoms with Crippen molar-refractivity contribution in [3.8, 4) is 0 Å². The van der Waals surface area contributed by atoms with Crippen LogP contribution < -0.4 is 5.73 Å². The second-order valence-electron chi connectivity index (χ2n) is 3.54. The highest BCUT2D eigenvalue weighted by Gasteiger charge is 2.29. The zero-order valence-corrected chi connectivity index (χ0v) is 7.71. The summed E-state index contributed by atoms with van der Waals surface area (Å²) < 4.78 is 0. The van der Waals surface area contributed by atoms with E-state index in [4.69, 9.17) is 5.73 Å². The smallest absolute Gasteiger partial charge is 0.165 e. The Morgan fingerprint density at radius 3 is 3.00 bits per heavy atom. The van der Waals surface area contributed by atoms with Crippen LogP contribution in [-0.4, -0.2) is 5.78 Å². The summed E-state index contributed by atoms with van der Waals surface area (Å²) in [7, 11) is 0. The Morgan fingerprint density at radius 1 is 1.54 bits per heavy atom. The van der Waals surface area contributed by atoms with Crippen molar-refractivity contribution in [3.63, 3.8) is 0 Å². The zero-order valence-electron chi connectivity index (χ0n) is 7.71. The van der Waals surface area contributed by atoms with Crippen LogP contribution in [0.1, 0.15) is 41.6 Å². The predicted molar refractivity (Wildman–Crippen MR) is 52.8 cm³/mol. The first kappa shape index (κ1) is 8.30. The SMILES string of the molecule is CCC1CC(=O)c2c(N)cccc21. The first-order chi connectivity index (χ1) is 6.24. The Kier molecular flexibility index (Phi) is 1.83. The molecule has 2 rings (SSSR count). The molecule has 0 radical (unpaired) electrons. The molecule has 1 aromatic carbocycles. The molecule has 0 amide bonds. The molecule has 1 unspecified atom stereocenters. The average molecular weight is 175 g/mol. The minimum absolute atomic E-state index is 0.208. The van der Waals surface area contributed by atoms with Crippen molar-refractivity contribution in [1.29, 1.82) is 0 Å². The number of carbonyl (C=O) groups is 1. The van der Waals surface area contributed by atoms with Gasteiger partial charge >= 0.3 is 0 Å². The van der Waals surface area contributed by atoms with E-state index in [-0.39, 0.29) is 5.78 Å². The molecule has 2 N–H and O–H groups in total. The van der Waals surface area contributed by atoms with Crippen LogP contribution in [0, 0.1) is 0 Å². The Balaban J connectivity index is 2.57. The van der Waals surface area contributed by atoms with Gasteiger partial charge in [-0.3, -0.25) is 4.79 Å². The fourth-order valence-electron chi connectivity index (χ4n) is 2.05. The van der Waals surface area contributed by atoms with Crippen LogP contribution >= 0.6 is 0 Å². The monoisotopic (exact) mass is 175 g/mol. The van der Waals surface area contributed by atoms with Gasteiger partial charge in [-0.15, -0.1) is 0 Å². The number of rotatable bonds is 1. The molecule has 0 bridgehead atoms. The van der Waals surface area contributed by atoms with Crippen LogP contribution in [0.3, 0.4) is 0 Å². The molecule has 1 aliphatic rings. The van der Waals surface area contributed by atoms with Crippen LogP contribution in [0.4, 0.5) is 5.69 Å². The van der Waals surface area contributed by atoms with E-state index in [0.717, 1.165) is 17.5 Å². The van der Waals surface area contributed by atoms with Crippen molar-refractivity contribution >= 4 is 11.5 Å². The molecule has 0 saturated heterocycles. The summed E-state index contributed by atoms with van der Waals surface area (Å²) in [5, 5.41) is 0. The van der Waals surface area contributed by atoms with Gasteiger partial charge in [-0.2, -0.15) is 0 Å². The Bertz CT molecular complexity index is 357. The van der Waals surface area contributed by atoms with Crippen molar-refractivity contribution in [2.75, 3.05) is 5.73 Å². The van der Waals surface area contributed by atoms with Gasteiger partial charge in [0, 0.05) is 17.7 Å². The first-order valence-electron chi connectivity index (χ1n) is 4.65. The molecule has 0 saturated carbocycles. The second-order valence-corrected chi connectivity index (χ2v) is 3.54. The predicted octanol–water partition coefficient (Wildman–Crippen LogP) is 2.35. The lowest BCUT2D eigenvalue weighted by atomic mass is 9.98. The summed E-state index contributed by atoms with van der Waals surface area (Å²) in [5.41, 5.74) is 8.31. The maximum Gasteiger partial charge on any atom is 0.165 e. The number of benzene rings is 1. The highest BCUT2D eigenvalue weighted by Crippen LogP contribution is 2.37. The lowest BCUT2D eigenvalue weighted by Crippen LogP contribution is -1.98. The summed E-state index contributed by atoms with van der Waals surface area (Å²) in [6, 6.07) is 5.74. The normalized spacial score (nSPS) is 20.4. The lowest BCUT2D eigenvalue weighted by molar-refractivity contribution is 0.0989. The Morgan fingerprint density at radius 2 is 2.31 bits per heavy atom. The minimum Gasteiger partial charge on any atom is -0.398 e. The largest absolute Gasteiger partial charge is 0.398 e. The molecule has 1 aliphatic carbocycles. The number of hydrogen-bond acceptors (Lipinski definition) is 2. The summed E-state index contributed by atoms with van der Waals surface area (Å²) in [6.45, 7) is 2.11. The molecule has 2 nitrogen and oxygen atoms in total. The lowest BCUT2D eigenvalue weighted by Gasteiger charge is -2.06. The van der Waals surface area contributed by atoms with Crippen LogP contribution in [0.2, 0.25) is 0 Å². The third kappa shape index (κ3) is 1.13. The summed E-state index contributed by atoms with van der Waals surface area (Å²) in [5.74, 6) is 0.603. The number of nitrogen functional groups attached to an aromatic ring is 1. The van der Waals surface area contributed by atoms with Crippen molar-refractivity contribution in [3.05, 3.63) is 29.3 Å². The molecule has 0 aromatic heterocycles. The molecule has 0 aliphatic heterocycles. The molecular formula is C11H13NO. The van der Waals surface area contributed by atoms with E-state index >= 15 is 0 Å². The fraction of sp³-hybridized carbons (Fsp3) is 0.364. The number of Topliss-reactive ketones (excluding diaryl/α,β-unsaturated/α-hetero) is 1. The maximum absolute atomic E-state index is 11.6. The van der Waals surface area contributed by atoms with E-state index < -0.39 is 0 Å². The summed E-state index contributed by atoms with van der Waals surface area (Å²) in [4.78, 5) is 11.6. The number of hydrogen-bond donors (Lipinski definition) is 1. The van der Waals surface area contributed by atoms with Gasteiger partial charge in [0.25, 0.3) is 0 Å². The second kappa shape index (κ2) is 2.87. The first-order valence-corrected chi connectivity index (χ1v) is 4.65. The molecule has 0 spiro atoms. The van der Waals surface area contributed by atoms with Gasteiger partial charge in [-0.05, 0) is 24.0 Å². The van der Waals surface area contributed by atoms with E-state index in [1.165, 1.54) is 0 Å². The van der Waals surface area contributed by atoms with Gasteiger partial charge in [0.1, 0.15) is 0 Å². The standard InChI is InChI=1S/C11H13NO/c1-2-7-6-10(13)11-8(7)4-3-5-9(11)12/h3-5,7H,2,6,12H2,1H3. The quantitative estimate of drug-likeness (QED) is 0.666. The van der Waals surface area contributed by atoms with Crippen molar-refractivity contribution < 1.29 is 4.79 Å². The van der Waals surface area contributed by atoms with Gasteiger partial charge in [-0.25, -0.2) is 0 Å². The summed E-state index contributed by atoms with van der Waals surface area (Å²) >= 11 is 0. The van der Waals surface area contributed by atoms with Crippen LogP contribution in [-0.2, 0) is 0 Å². The highest BCUT2D eigenvalue weighted by molar-refractivity contribution is 6.05. The van der Waals surface area contributed by atoms with E-state index in [1.807, 2.05) is 12.1 Å². The average Bonchev–Trinajstić information content (AvgIpc) is 2.44. The van der Waals surface area contributed by atoms with Crippen molar-refractivity contribution in [2.24, 2.45) is 0 Å². The zero-order chi connectivity index (χ0) is 9.42. The van der Waals surface area contributed by atoms with Gasteiger partial charge in [0.2, 0.25) is 0 Å². The summed E-state index contributed by atoms with van der Waals surface area (Å²) in [6.07, 6.45) is 1.66. The number of fused-ring (bicyclic) bond motifs is 1. The van der Waals surface area contributed by atoms with E-state index in [0.29, 0.717) is 18.0 Å². The van der Waals surface area contributed by atoms with Crippen LogP contribution in [0.25, 0.3) is 0 Å². The molecule has 1 atom stereocenters. The fourth-order valence-corrected chi connectivity index (χ4v) is 2.05. The Labute approximate surface area is 77.8 Å². The maximum atomic E-state index is 11.6. The molecule has 2 heteroatoms. The van der Waals surface area contributed by atoms with Crippen LogP contribution in [0.5, 0.6) is 0 Å². The molecule has 13 heavy (non-hydrogen) atoms. The minimum atomic E-state index is 0.208. The number of anilines is 1. The molecule has 0 fully saturated rings. The molecule has 0 heterocycles. The van der Waals surface area contributed by atoms with Gasteiger partial charge in [-0.1, -0.05) is 19.1 Å². The van der Waals surface area contributed by atoms with Crippen LogP contribution in [0.15, 0.2) is 18.2 Å². The van der Waals surface area contributed by atoms with Gasteiger partial charge < -0.3 is 5.73 Å². The van der Waals surface area contributed by atoms with Gasteiger partial charge in [0.05, 0.1) is 0 Å². The molecular weight excluding hydrogens is 162 g/mol. The third-order valence-corrected chi connectivity index (χ3v) is 2.77. The van der Waals surface area contributed by atoms with Gasteiger partial charge in [0.15, 0.2) is 5.78 Å². The molecule has 68 valence electrons. The highest BCUT2D eigenvalue weighted by atomic mass is 16.1. The van der Waals surface area contributed by atoms with E-state index in [9.17, 15) is 4.79 Å². The van der Waals surface area contributed by atoms with Crippen molar-refractivity contribution in [2.45, 2.75) is 25.7 Å². The van der Waals surface area contributed by atoms with E-state index in [2.05, 4.69) is 6.92 Å². The number of nitrogens with two attached hydrogens (primary N) is 1. The number of ketones is 1. The number of carbonyl (C=O) groups excluding carboxylic acids is 1.